The summed E-state index contributed by atoms with van der Waals surface area (Å²) in [5, 5.41) is 16.5. The fourth-order valence-electron chi connectivity index (χ4n) is 4.71. The number of anilines is 1. The predicted octanol–water partition coefficient (Wildman–Crippen LogP) is 5.17. The summed E-state index contributed by atoms with van der Waals surface area (Å²) in [7, 11) is 1.64. The molecule has 1 atom stereocenters. The van der Waals surface area contributed by atoms with Gasteiger partial charge in [0.2, 0.25) is 0 Å². The fourth-order valence-corrected chi connectivity index (χ4v) is 5.41. The number of carbonyl (C=O) groups excluding carboxylic acids is 1. The lowest BCUT2D eigenvalue weighted by Crippen LogP contribution is -2.19. The van der Waals surface area contributed by atoms with E-state index in [1.807, 2.05) is 42.5 Å². The molecule has 1 fully saturated rings. The van der Waals surface area contributed by atoms with Crippen LogP contribution < -0.4 is 10.6 Å². The van der Waals surface area contributed by atoms with Crippen LogP contribution in [0.5, 0.6) is 0 Å². The molecule has 1 aliphatic rings. The van der Waals surface area contributed by atoms with Crippen molar-refractivity contribution in [1.82, 2.24) is 20.3 Å². The Kier molecular flexibility index (Phi) is 7.06. The zero-order chi connectivity index (χ0) is 25.8. The van der Waals surface area contributed by atoms with Crippen LogP contribution in [0.4, 0.5) is 5.82 Å². The minimum Gasteiger partial charge on any atom is -0.369 e. The van der Waals surface area contributed by atoms with Gasteiger partial charge in [-0.25, -0.2) is 9.97 Å². The second-order valence-corrected chi connectivity index (χ2v) is 10.2. The molecule has 1 aliphatic carbocycles. The van der Waals surface area contributed by atoms with Crippen LogP contribution >= 0.6 is 11.8 Å². The van der Waals surface area contributed by atoms with Crippen molar-refractivity contribution >= 4 is 34.4 Å². The third-order valence-electron chi connectivity index (χ3n) is 6.98. The molecule has 5 rings (SSSR count). The third-order valence-corrected chi connectivity index (χ3v) is 7.71. The number of nitrogens with one attached hydrogen (secondary N) is 2. The van der Waals surface area contributed by atoms with E-state index in [2.05, 4.69) is 44.0 Å². The van der Waals surface area contributed by atoms with Crippen molar-refractivity contribution in [3.8, 4) is 17.3 Å². The van der Waals surface area contributed by atoms with Crippen molar-refractivity contribution in [2.45, 2.75) is 24.2 Å². The number of nitriles is 1. The Bertz CT molecular complexity index is 1480. The summed E-state index contributed by atoms with van der Waals surface area (Å²) in [6.45, 7) is 0.659. The van der Waals surface area contributed by atoms with E-state index in [-0.39, 0.29) is 17.2 Å². The number of thioether (sulfide) groups is 1. The van der Waals surface area contributed by atoms with Crippen LogP contribution in [0, 0.1) is 11.3 Å². The van der Waals surface area contributed by atoms with Crippen molar-refractivity contribution in [2.75, 3.05) is 30.9 Å². The van der Waals surface area contributed by atoms with Crippen molar-refractivity contribution in [1.29, 1.82) is 5.26 Å². The maximum absolute atomic E-state index is 12.4. The molecule has 2 N–H and O–H groups in total. The number of amides is 1. The molecular formula is C29H28N6OS. The molecule has 7 nitrogen and oxygen atoms in total. The number of nitrogens with zero attached hydrogens (tertiary/aromatic N) is 4. The zero-order valence-electron chi connectivity index (χ0n) is 20.9. The summed E-state index contributed by atoms with van der Waals surface area (Å²) in [5.41, 5.74) is 5.17. The topological polar surface area (TPSA) is 104 Å². The molecule has 0 radical (unpaired) electrons. The highest BCUT2D eigenvalue weighted by Gasteiger charge is 2.44. The predicted molar refractivity (Wildman–Crippen MR) is 149 cm³/mol. The number of hydrogen-bond donors (Lipinski definition) is 2. The summed E-state index contributed by atoms with van der Waals surface area (Å²) in [4.78, 5) is 25.9. The van der Waals surface area contributed by atoms with Gasteiger partial charge in [0.1, 0.15) is 12.1 Å². The lowest BCUT2D eigenvalue weighted by Gasteiger charge is -2.19. The summed E-state index contributed by atoms with van der Waals surface area (Å²) in [5.74, 6) is 1.67. The van der Waals surface area contributed by atoms with E-state index in [0.29, 0.717) is 12.1 Å². The van der Waals surface area contributed by atoms with Gasteiger partial charge in [-0.15, -0.1) is 0 Å². The lowest BCUT2D eigenvalue weighted by molar-refractivity contribution is 0.0964. The molecule has 4 aromatic rings. The first kappa shape index (κ1) is 24.7. The van der Waals surface area contributed by atoms with Gasteiger partial charge in [0.15, 0.2) is 0 Å². The summed E-state index contributed by atoms with van der Waals surface area (Å²) < 4.78 is 0. The first-order chi connectivity index (χ1) is 18.1. The Labute approximate surface area is 220 Å². The fraction of sp³-hybridized carbons (Fsp3) is 0.276. The van der Waals surface area contributed by atoms with E-state index in [0.717, 1.165) is 57.7 Å². The van der Waals surface area contributed by atoms with Crippen molar-refractivity contribution in [2.24, 2.45) is 0 Å². The summed E-state index contributed by atoms with van der Waals surface area (Å²) >= 11 is 1.77. The highest BCUT2D eigenvalue weighted by Crippen LogP contribution is 2.47. The maximum Gasteiger partial charge on any atom is 0.251 e. The molecule has 0 saturated heterocycles. The quantitative estimate of drug-likeness (QED) is 0.322. The number of aromatic nitrogens is 3. The van der Waals surface area contributed by atoms with Gasteiger partial charge in [-0.2, -0.15) is 17.0 Å². The normalized spacial score (nSPS) is 14.5. The highest BCUT2D eigenvalue weighted by atomic mass is 32.2. The zero-order valence-corrected chi connectivity index (χ0v) is 21.7. The van der Waals surface area contributed by atoms with E-state index in [4.69, 9.17) is 0 Å². The molecule has 1 saturated carbocycles. The summed E-state index contributed by atoms with van der Waals surface area (Å²) in [6.07, 6.45) is 7.22. The molecule has 1 amide bonds. The van der Waals surface area contributed by atoms with Crippen LogP contribution in [0.2, 0.25) is 0 Å². The molecule has 2 aromatic heterocycles. The largest absolute Gasteiger partial charge is 0.369 e. The van der Waals surface area contributed by atoms with Crippen LogP contribution in [-0.2, 0) is 5.41 Å². The van der Waals surface area contributed by atoms with Gasteiger partial charge in [-0.1, -0.05) is 42.5 Å². The third kappa shape index (κ3) is 5.00. The second-order valence-electron chi connectivity index (χ2n) is 9.27. The molecule has 186 valence electrons. The Balaban J connectivity index is 1.37. The van der Waals surface area contributed by atoms with Gasteiger partial charge in [-0.05, 0) is 36.3 Å². The standard InChI is InChI=1S/C29H28N6OS/c1-31-28(36)24-10-13-32-27-22(4-3-5-23(24)27)20(16-37-2)15-33-26-14-25(34-18-35-26)19-6-8-21(9-7-19)29(17-30)11-12-29/h3-10,13-14,18,20H,11-12,15-16H2,1-2H3,(H,31,36)(H,33,34,35). The van der Waals surface area contributed by atoms with E-state index in [1.54, 1.807) is 37.4 Å². The smallest absolute Gasteiger partial charge is 0.251 e. The van der Waals surface area contributed by atoms with Gasteiger partial charge in [0.05, 0.1) is 28.3 Å². The minimum atomic E-state index is -0.291. The summed E-state index contributed by atoms with van der Waals surface area (Å²) in [6, 6.07) is 20.3. The molecule has 0 bridgehead atoms. The molecule has 8 heteroatoms. The molecule has 0 aliphatic heterocycles. The number of fused-ring (bicyclic) bond motifs is 1. The lowest BCUT2D eigenvalue weighted by atomic mass is 9.95. The van der Waals surface area contributed by atoms with Crippen molar-refractivity contribution in [3.05, 3.63) is 83.8 Å². The SMILES string of the molecule is CNC(=O)c1ccnc2c(C(CNc3cc(-c4ccc(C5(C#N)CC5)cc4)ncn3)CSC)cccc12. The maximum atomic E-state index is 12.4. The van der Waals surface area contributed by atoms with Gasteiger partial charge in [0.25, 0.3) is 5.91 Å². The van der Waals surface area contributed by atoms with E-state index >= 15 is 0 Å². The first-order valence-corrected chi connectivity index (χ1v) is 13.6. The number of pyridine rings is 1. The van der Waals surface area contributed by atoms with Crippen LogP contribution in [0.1, 0.15) is 40.2 Å². The van der Waals surface area contributed by atoms with Crippen molar-refractivity contribution in [3.63, 3.8) is 0 Å². The molecule has 37 heavy (non-hydrogen) atoms. The minimum absolute atomic E-state index is 0.120. The van der Waals surface area contributed by atoms with Crippen LogP contribution in [0.15, 0.2) is 67.1 Å². The van der Waals surface area contributed by atoms with Crippen LogP contribution in [0.3, 0.4) is 0 Å². The molecule has 0 spiro atoms. The Morgan fingerprint density at radius 1 is 1.14 bits per heavy atom. The Morgan fingerprint density at radius 2 is 1.95 bits per heavy atom. The van der Waals surface area contributed by atoms with Gasteiger partial charge < -0.3 is 10.6 Å². The number of benzene rings is 2. The average molecular weight is 509 g/mol. The Morgan fingerprint density at radius 3 is 2.65 bits per heavy atom. The monoisotopic (exact) mass is 508 g/mol. The molecular weight excluding hydrogens is 480 g/mol. The highest BCUT2D eigenvalue weighted by molar-refractivity contribution is 7.98. The molecule has 2 heterocycles. The number of hydrogen-bond acceptors (Lipinski definition) is 7. The van der Waals surface area contributed by atoms with Gasteiger partial charge in [-0.3, -0.25) is 9.78 Å². The molecule has 2 aromatic carbocycles. The first-order valence-electron chi connectivity index (χ1n) is 12.3. The second kappa shape index (κ2) is 10.6. The number of para-hydroxylation sites is 1. The number of carbonyl (C=O) groups is 1. The van der Waals surface area contributed by atoms with Crippen molar-refractivity contribution < 1.29 is 4.79 Å². The van der Waals surface area contributed by atoms with E-state index in [9.17, 15) is 10.1 Å². The van der Waals surface area contributed by atoms with E-state index < -0.39 is 0 Å². The van der Waals surface area contributed by atoms with Gasteiger partial charge in [0, 0.05) is 48.5 Å². The van der Waals surface area contributed by atoms with Crippen LogP contribution in [0.25, 0.3) is 22.2 Å². The van der Waals surface area contributed by atoms with Gasteiger partial charge >= 0.3 is 0 Å². The molecule has 1 unspecified atom stereocenters. The van der Waals surface area contributed by atoms with E-state index in [1.165, 1.54) is 0 Å². The number of rotatable bonds is 9. The Hall–Kier alpha value is -3.96. The average Bonchev–Trinajstić information content (AvgIpc) is 3.76. The van der Waals surface area contributed by atoms with Crippen LogP contribution in [-0.4, -0.2) is 46.5 Å².